The molecule has 0 saturated carbocycles. The fraction of sp³-hybridized carbons (Fsp3) is 0.153. The van der Waals surface area contributed by atoms with Crippen LogP contribution < -0.4 is 23.7 Å². The second-order valence-corrected chi connectivity index (χ2v) is 17.9. The normalized spacial score (nSPS) is 15.9. The summed E-state index contributed by atoms with van der Waals surface area (Å²) < 4.78 is 28.3. The van der Waals surface area contributed by atoms with E-state index in [1.807, 2.05) is 0 Å². The molecule has 16 nitrogen and oxygen atoms in total. The van der Waals surface area contributed by atoms with Crippen molar-refractivity contribution in [3.63, 3.8) is 0 Å². The van der Waals surface area contributed by atoms with Gasteiger partial charge in [-0.3, -0.25) is 0 Å². The Hall–Kier alpha value is -9.70. The summed E-state index contributed by atoms with van der Waals surface area (Å²) in [6, 6.07) is 28.2. The lowest BCUT2D eigenvalue weighted by molar-refractivity contribution is 0.326. The van der Waals surface area contributed by atoms with Crippen molar-refractivity contribution in [3.8, 4) is 92.0 Å². The monoisotopic (exact) mass is 1020 g/mol. The minimum atomic E-state index is -1.26. The van der Waals surface area contributed by atoms with Gasteiger partial charge >= 0.3 is 0 Å². The molecule has 0 spiro atoms. The van der Waals surface area contributed by atoms with Crippen LogP contribution in [0.5, 0.6) is 92.0 Å². The molecular weight excluding hydrogens is 965 g/mol. The van der Waals surface area contributed by atoms with Gasteiger partial charge in [0.1, 0.15) is 52.6 Å². The fourth-order valence-electron chi connectivity index (χ4n) is 10.2. The van der Waals surface area contributed by atoms with E-state index in [0.29, 0.717) is 28.0 Å². The van der Waals surface area contributed by atoms with Crippen LogP contribution in [-0.4, -0.2) is 91.2 Å². The smallest absolute Gasteiger partial charge is 0.161 e. The van der Waals surface area contributed by atoms with Crippen LogP contribution in [0.1, 0.15) is 90.4 Å². The van der Waals surface area contributed by atoms with E-state index in [4.69, 9.17) is 23.7 Å². The Labute approximate surface area is 429 Å². The van der Waals surface area contributed by atoms with Crippen molar-refractivity contribution in [1.29, 1.82) is 0 Å². The van der Waals surface area contributed by atoms with E-state index in [-0.39, 0.29) is 91.4 Å². The molecular formula is C59H52O16. The van der Waals surface area contributed by atoms with E-state index in [2.05, 4.69) is 6.58 Å². The molecule has 0 saturated heterocycles. The molecule has 1 aliphatic rings. The Morgan fingerprint density at radius 2 is 0.547 bits per heavy atom. The molecule has 384 valence electrons. The van der Waals surface area contributed by atoms with E-state index in [1.54, 1.807) is 24.3 Å². The van der Waals surface area contributed by atoms with Crippen LogP contribution in [0.3, 0.4) is 0 Å². The third kappa shape index (κ3) is 9.02. The Balaban J connectivity index is 1.49. The van der Waals surface area contributed by atoms with Crippen molar-refractivity contribution in [2.75, 3.05) is 35.0 Å². The summed E-state index contributed by atoms with van der Waals surface area (Å²) >= 11 is 0. The molecule has 16 heteroatoms. The first-order valence-corrected chi connectivity index (χ1v) is 23.3. The lowest BCUT2D eigenvalue weighted by atomic mass is 9.75. The molecule has 0 fully saturated rings. The largest absolute Gasteiger partial charge is 0.507 e. The average molecular weight is 1020 g/mol. The standard InChI is InChI=1S/C59H52O16/c1-6-15-75-51-14-10-31(19-55(51)74-5)59-38-22-36(47(67)26-49(38)69)57(29-8-12-41(61)53(17-29)72-3)34-20-32(43(63)24-45(34)65)56(28-7-11-40(60)52(16-28)71-2)33-21-35(46(66)25-44(33)64)58(30-9-13-42(62)54(18-30)73-4)37-23-39(59)50(70)27-48(37)68/h6-14,16-27,56-70H,1,15H2,2-5H3. The molecule has 8 aromatic carbocycles. The van der Waals surface area contributed by atoms with Gasteiger partial charge in [0.25, 0.3) is 0 Å². The first-order chi connectivity index (χ1) is 36.0. The van der Waals surface area contributed by atoms with Gasteiger partial charge in [0.2, 0.25) is 0 Å². The zero-order valence-electron chi connectivity index (χ0n) is 40.8. The van der Waals surface area contributed by atoms with Crippen molar-refractivity contribution >= 4 is 0 Å². The number of methoxy groups -OCH3 is 4. The minimum Gasteiger partial charge on any atom is -0.507 e. The predicted molar refractivity (Wildman–Crippen MR) is 276 cm³/mol. The topological polar surface area (TPSA) is 269 Å². The molecule has 75 heavy (non-hydrogen) atoms. The van der Waals surface area contributed by atoms with Crippen molar-refractivity contribution in [2.24, 2.45) is 0 Å². The van der Waals surface area contributed by atoms with E-state index < -0.39 is 69.7 Å². The summed E-state index contributed by atoms with van der Waals surface area (Å²) in [6.45, 7) is 3.86. The van der Waals surface area contributed by atoms with Gasteiger partial charge in [-0.15, -0.1) is 0 Å². The van der Waals surface area contributed by atoms with Crippen LogP contribution in [-0.2, 0) is 0 Å². The number of benzene rings is 8. The third-order valence-electron chi connectivity index (χ3n) is 13.7. The fourth-order valence-corrected chi connectivity index (χ4v) is 10.2. The highest BCUT2D eigenvalue weighted by atomic mass is 16.5. The highest BCUT2D eigenvalue weighted by Gasteiger charge is 2.36. The van der Waals surface area contributed by atoms with Crippen molar-refractivity contribution in [3.05, 3.63) is 201 Å². The Bertz CT molecular complexity index is 3360. The molecule has 1 aliphatic carbocycles. The summed E-state index contributed by atoms with van der Waals surface area (Å²) in [7, 11) is 5.44. The third-order valence-corrected chi connectivity index (χ3v) is 13.7. The number of ether oxygens (including phenoxy) is 5. The van der Waals surface area contributed by atoms with Gasteiger partial charge in [0.15, 0.2) is 46.0 Å². The second kappa shape index (κ2) is 20.1. The number of aromatic hydroxyl groups is 11. The van der Waals surface area contributed by atoms with Crippen LogP contribution in [0, 0.1) is 0 Å². The van der Waals surface area contributed by atoms with Gasteiger partial charge in [0, 0.05) is 92.4 Å². The molecule has 0 heterocycles. The highest BCUT2D eigenvalue weighted by molar-refractivity contribution is 5.69. The number of fused-ring (bicyclic) bond motifs is 8. The molecule has 11 N–H and O–H groups in total. The molecule has 0 radical (unpaired) electrons. The van der Waals surface area contributed by atoms with Gasteiger partial charge < -0.3 is 79.9 Å². The Morgan fingerprint density at radius 3 is 0.787 bits per heavy atom. The number of hydrogen-bond donors (Lipinski definition) is 11. The Morgan fingerprint density at radius 1 is 0.307 bits per heavy atom. The zero-order valence-corrected chi connectivity index (χ0v) is 40.8. The van der Waals surface area contributed by atoms with Crippen LogP contribution in [0.15, 0.2) is 134 Å². The average Bonchev–Trinajstić information content (AvgIpc) is 3.39. The first-order valence-electron chi connectivity index (χ1n) is 23.3. The van der Waals surface area contributed by atoms with Crippen molar-refractivity contribution in [1.82, 2.24) is 0 Å². The lowest BCUT2D eigenvalue weighted by Crippen LogP contribution is -2.13. The number of rotatable bonds is 11. The molecule has 8 bridgehead atoms. The van der Waals surface area contributed by atoms with E-state index in [1.165, 1.54) is 107 Å². The zero-order chi connectivity index (χ0) is 53.6. The maximum Gasteiger partial charge on any atom is 0.161 e. The van der Waals surface area contributed by atoms with Crippen molar-refractivity contribution < 1.29 is 79.9 Å². The molecule has 0 aromatic heterocycles. The maximum atomic E-state index is 12.2. The number of phenols is 11. The van der Waals surface area contributed by atoms with Crippen molar-refractivity contribution in [2.45, 2.75) is 23.7 Å². The molecule has 2 unspecified atom stereocenters. The van der Waals surface area contributed by atoms with E-state index in [0.717, 1.165) is 24.3 Å². The number of hydrogen-bond acceptors (Lipinski definition) is 16. The van der Waals surface area contributed by atoms with Crippen LogP contribution in [0.25, 0.3) is 0 Å². The first kappa shape index (κ1) is 50.2. The highest BCUT2D eigenvalue weighted by Crippen LogP contribution is 2.55. The van der Waals surface area contributed by atoms with E-state index in [9.17, 15) is 56.2 Å². The Kier molecular flexibility index (Phi) is 13.4. The van der Waals surface area contributed by atoms with Gasteiger partial charge in [-0.25, -0.2) is 0 Å². The van der Waals surface area contributed by atoms with Gasteiger partial charge in [0.05, 0.1) is 28.4 Å². The SMILES string of the molecule is C=CCOc1ccc(C2c3cc(c(O)cc3O)C(c3ccc(O)c(OC)c3)c3cc(c(O)cc3O)C(c3ccc(O)c(OC)c3)c3cc(c(O)cc3O)C(c3ccc(O)c(OC)c3)c3cc2c(O)cc3O)cc1OC. The lowest BCUT2D eigenvalue weighted by Gasteiger charge is -2.30. The van der Waals surface area contributed by atoms with Crippen LogP contribution in [0.2, 0.25) is 0 Å². The van der Waals surface area contributed by atoms with Crippen LogP contribution >= 0.6 is 0 Å². The van der Waals surface area contributed by atoms with Gasteiger partial charge in [-0.05, 0) is 95.1 Å². The molecule has 2 atom stereocenters. The van der Waals surface area contributed by atoms with E-state index >= 15 is 0 Å². The molecule has 8 aromatic rings. The summed E-state index contributed by atoms with van der Waals surface area (Å²) in [5, 5.41) is 130. The minimum absolute atomic E-state index is 0.00829. The quantitative estimate of drug-likeness (QED) is 0.0538. The molecule has 0 aliphatic heterocycles. The molecule has 0 amide bonds. The molecule has 9 rings (SSSR count). The predicted octanol–water partition coefficient (Wildman–Crippen LogP) is 10.1. The maximum absolute atomic E-state index is 12.2. The van der Waals surface area contributed by atoms with Gasteiger partial charge in [-0.2, -0.15) is 0 Å². The summed E-state index contributed by atoms with van der Waals surface area (Å²) in [5.41, 5.74) is 1.65. The summed E-state index contributed by atoms with van der Waals surface area (Å²) in [4.78, 5) is 0. The van der Waals surface area contributed by atoms with Crippen LogP contribution in [0.4, 0.5) is 0 Å². The van der Waals surface area contributed by atoms with Gasteiger partial charge in [-0.1, -0.05) is 36.9 Å². The number of phenolic OH excluding ortho intramolecular Hbond substituents is 11. The summed E-state index contributed by atoms with van der Waals surface area (Å²) in [6.07, 6.45) is 1.55. The summed E-state index contributed by atoms with van der Waals surface area (Å²) in [5.74, 6) is -8.98. The second-order valence-electron chi connectivity index (χ2n) is 17.9.